The van der Waals surface area contributed by atoms with Crippen molar-refractivity contribution in [2.75, 3.05) is 0 Å². The third-order valence-electron chi connectivity index (χ3n) is 3.95. The molecule has 0 amide bonds. The van der Waals surface area contributed by atoms with Crippen LogP contribution in [0, 0.1) is 6.92 Å². The van der Waals surface area contributed by atoms with E-state index in [0.717, 1.165) is 16.8 Å². The van der Waals surface area contributed by atoms with Crippen LogP contribution in [0.2, 0.25) is 5.02 Å². The van der Waals surface area contributed by atoms with Crippen LogP contribution < -0.4 is 5.56 Å². The molecule has 0 saturated heterocycles. The molecule has 0 N–H and O–H groups in total. The molecule has 0 spiro atoms. The van der Waals surface area contributed by atoms with E-state index in [9.17, 15) is 4.79 Å². The Hall–Kier alpha value is -2.80. The first kappa shape index (κ1) is 14.8. The number of halogens is 1. The molecule has 0 atom stereocenters. The van der Waals surface area contributed by atoms with Gasteiger partial charge in [0.15, 0.2) is 16.8 Å². The van der Waals surface area contributed by atoms with Crippen LogP contribution in [0.25, 0.3) is 27.9 Å². The summed E-state index contributed by atoms with van der Waals surface area (Å²) in [6.07, 6.45) is 1.50. The number of fused-ring (bicyclic) bond motifs is 3. The van der Waals surface area contributed by atoms with E-state index < -0.39 is 0 Å². The van der Waals surface area contributed by atoms with Crippen molar-refractivity contribution in [3.05, 3.63) is 51.7 Å². The molecule has 120 valence electrons. The van der Waals surface area contributed by atoms with E-state index in [1.807, 2.05) is 38.1 Å². The van der Waals surface area contributed by atoms with Crippen LogP contribution in [0.1, 0.15) is 12.6 Å². The van der Waals surface area contributed by atoms with Crippen LogP contribution in [-0.4, -0.2) is 29.4 Å². The largest absolute Gasteiger partial charge is 0.297 e. The van der Waals surface area contributed by atoms with Crippen LogP contribution in [0.3, 0.4) is 0 Å². The van der Waals surface area contributed by atoms with Gasteiger partial charge in [-0.3, -0.25) is 9.36 Å². The summed E-state index contributed by atoms with van der Waals surface area (Å²) in [7, 11) is 0. The number of hydrogen-bond acceptors (Lipinski definition) is 5. The molecule has 0 fully saturated rings. The van der Waals surface area contributed by atoms with Crippen molar-refractivity contribution in [1.82, 2.24) is 29.4 Å². The fourth-order valence-electron chi connectivity index (χ4n) is 2.74. The van der Waals surface area contributed by atoms with Crippen molar-refractivity contribution in [2.24, 2.45) is 0 Å². The number of hydrogen-bond donors (Lipinski definition) is 0. The van der Waals surface area contributed by atoms with E-state index in [-0.39, 0.29) is 11.1 Å². The van der Waals surface area contributed by atoms with Gasteiger partial charge in [-0.15, -0.1) is 10.2 Å². The zero-order valence-corrected chi connectivity index (χ0v) is 13.8. The van der Waals surface area contributed by atoms with Crippen molar-refractivity contribution in [3.63, 3.8) is 0 Å². The summed E-state index contributed by atoms with van der Waals surface area (Å²) in [5.41, 5.74) is 3.50. The van der Waals surface area contributed by atoms with Crippen LogP contribution in [0.15, 0.2) is 35.4 Å². The summed E-state index contributed by atoms with van der Waals surface area (Å²) in [5.74, 6) is 0. The molecule has 0 bridgehead atoms. The second-order valence-corrected chi connectivity index (χ2v) is 5.85. The maximum absolute atomic E-state index is 12.4. The minimum atomic E-state index is -0.224. The summed E-state index contributed by atoms with van der Waals surface area (Å²) in [6.45, 7) is 4.28. The standard InChI is InChI=1S/C16H13ClN6O/c1-3-22-8-18-15-13(16(22)24)19-20-14-12(9(2)21-23(14)15)10-4-6-11(17)7-5-10/h4-8H,3H2,1-2H3. The van der Waals surface area contributed by atoms with Gasteiger partial charge in [-0.1, -0.05) is 23.7 Å². The molecule has 0 aliphatic rings. The van der Waals surface area contributed by atoms with Gasteiger partial charge >= 0.3 is 0 Å². The molecule has 1 aromatic carbocycles. The summed E-state index contributed by atoms with van der Waals surface area (Å²) < 4.78 is 3.06. The average molecular weight is 341 g/mol. The molecule has 0 radical (unpaired) electrons. The van der Waals surface area contributed by atoms with E-state index >= 15 is 0 Å². The first-order valence-electron chi connectivity index (χ1n) is 7.47. The van der Waals surface area contributed by atoms with Crippen molar-refractivity contribution in [1.29, 1.82) is 0 Å². The number of aryl methyl sites for hydroxylation is 2. The highest BCUT2D eigenvalue weighted by molar-refractivity contribution is 6.30. The Kier molecular flexibility index (Phi) is 3.31. The lowest BCUT2D eigenvalue weighted by Gasteiger charge is -2.04. The van der Waals surface area contributed by atoms with Crippen LogP contribution in [0.4, 0.5) is 0 Å². The molecule has 3 aromatic heterocycles. The summed E-state index contributed by atoms with van der Waals surface area (Å²) in [5, 5.41) is 13.5. The first-order chi connectivity index (χ1) is 11.6. The normalized spacial score (nSPS) is 11.5. The molecule has 0 saturated carbocycles. The molecule has 24 heavy (non-hydrogen) atoms. The molecule has 0 aliphatic carbocycles. The minimum Gasteiger partial charge on any atom is -0.297 e. The number of benzene rings is 1. The Morgan fingerprint density at radius 1 is 1.12 bits per heavy atom. The fraction of sp³-hybridized carbons (Fsp3) is 0.188. The Morgan fingerprint density at radius 2 is 1.88 bits per heavy atom. The van der Waals surface area contributed by atoms with Gasteiger partial charge in [0.1, 0.15) is 6.33 Å². The molecular weight excluding hydrogens is 328 g/mol. The van der Waals surface area contributed by atoms with E-state index in [2.05, 4.69) is 20.3 Å². The molecular formula is C16H13ClN6O. The third-order valence-corrected chi connectivity index (χ3v) is 4.20. The predicted octanol–water partition coefficient (Wildman–Crippen LogP) is 2.48. The molecule has 8 heteroatoms. The minimum absolute atomic E-state index is 0.206. The van der Waals surface area contributed by atoms with Gasteiger partial charge in [0.2, 0.25) is 0 Å². The van der Waals surface area contributed by atoms with Gasteiger partial charge in [-0.05, 0) is 31.5 Å². The van der Waals surface area contributed by atoms with Crippen molar-refractivity contribution >= 4 is 28.4 Å². The van der Waals surface area contributed by atoms with E-state index in [1.54, 1.807) is 4.52 Å². The average Bonchev–Trinajstić information content (AvgIpc) is 2.92. The van der Waals surface area contributed by atoms with E-state index in [1.165, 1.54) is 10.9 Å². The second kappa shape index (κ2) is 5.38. The summed E-state index contributed by atoms with van der Waals surface area (Å²) in [4.78, 5) is 16.7. The number of aromatic nitrogens is 6. The monoisotopic (exact) mass is 340 g/mol. The quantitative estimate of drug-likeness (QED) is 0.560. The molecule has 3 heterocycles. The van der Waals surface area contributed by atoms with Gasteiger partial charge in [-0.25, -0.2) is 4.98 Å². The molecule has 0 unspecified atom stereocenters. The maximum Gasteiger partial charge on any atom is 0.283 e. The van der Waals surface area contributed by atoms with E-state index in [0.29, 0.717) is 22.9 Å². The zero-order chi connectivity index (χ0) is 16.8. The molecule has 4 aromatic rings. The van der Waals surface area contributed by atoms with Crippen molar-refractivity contribution < 1.29 is 0 Å². The van der Waals surface area contributed by atoms with Crippen LogP contribution >= 0.6 is 11.6 Å². The van der Waals surface area contributed by atoms with Crippen LogP contribution in [-0.2, 0) is 6.54 Å². The Morgan fingerprint density at radius 3 is 2.58 bits per heavy atom. The van der Waals surface area contributed by atoms with Crippen molar-refractivity contribution in [3.8, 4) is 11.1 Å². The smallest absolute Gasteiger partial charge is 0.283 e. The molecule has 0 aliphatic heterocycles. The highest BCUT2D eigenvalue weighted by Gasteiger charge is 2.17. The van der Waals surface area contributed by atoms with Gasteiger partial charge in [0.05, 0.1) is 11.3 Å². The highest BCUT2D eigenvalue weighted by atomic mass is 35.5. The third kappa shape index (κ3) is 2.09. The van der Waals surface area contributed by atoms with Gasteiger partial charge in [0, 0.05) is 11.6 Å². The zero-order valence-electron chi connectivity index (χ0n) is 13.1. The number of nitrogens with zero attached hydrogens (tertiary/aromatic N) is 6. The predicted molar refractivity (Wildman–Crippen MR) is 91.2 cm³/mol. The lowest BCUT2D eigenvalue weighted by atomic mass is 10.1. The SMILES string of the molecule is CCn1cnc2c(nnc3c(-c4ccc(Cl)cc4)c(C)nn32)c1=O. The second-order valence-electron chi connectivity index (χ2n) is 5.41. The van der Waals surface area contributed by atoms with Gasteiger partial charge in [-0.2, -0.15) is 9.61 Å². The topological polar surface area (TPSA) is 78.0 Å². The Balaban J connectivity index is 2.06. The highest BCUT2D eigenvalue weighted by Crippen LogP contribution is 2.28. The first-order valence-corrected chi connectivity index (χ1v) is 7.85. The fourth-order valence-corrected chi connectivity index (χ4v) is 2.87. The summed E-state index contributed by atoms with van der Waals surface area (Å²) >= 11 is 5.96. The van der Waals surface area contributed by atoms with Gasteiger partial charge in [0.25, 0.3) is 5.56 Å². The Labute approximate surface area is 141 Å². The lowest BCUT2D eigenvalue weighted by Crippen LogP contribution is -2.22. The van der Waals surface area contributed by atoms with Crippen molar-refractivity contribution in [2.45, 2.75) is 20.4 Å². The summed E-state index contributed by atoms with van der Waals surface area (Å²) in [6, 6.07) is 7.43. The van der Waals surface area contributed by atoms with Gasteiger partial charge < -0.3 is 0 Å². The molecule has 7 nitrogen and oxygen atoms in total. The van der Waals surface area contributed by atoms with Crippen LogP contribution in [0.5, 0.6) is 0 Å². The Bertz CT molecular complexity index is 1130. The molecule has 4 rings (SSSR count). The van der Waals surface area contributed by atoms with E-state index in [4.69, 9.17) is 11.6 Å². The maximum atomic E-state index is 12.4. The lowest BCUT2D eigenvalue weighted by molar-refractivity contribution is 0.708. The number of rotatable bonds is 2.